The van der Waals surface area contributed by atoms with Gasteiger partial charge in [0.15, 0.2) is 5.82 Å². The Balaban J connectivity index is 0.00000243. The van der Waals surface area contributed by atoms with Crippen molar-refractivity contribution < 1.29 is 9.53 Å². The Morgan fingerprint density at radius 1 is 1.27 bits per heavy atom. The highest BCUT2D eigenvalue weighted by atomic mass is 35.5. The van der Waals surface area contributed by atoms with E-state index in [0.29, 0.717) is 41.7 Å². The number of nitrogen functional groups attached to an aromatic ring is 1. The van der Waals surface area contributed by atoms with E-state index in [1.54, 1.807) is 23.2 Å². The Kier molecular flexibility index (Phi) is 6.88. The molecule has 0 unspecified atom stereocenters. The number of carbonyl (C=O) groups is 1. The van der Waals surface area contributed by atoms with Crippen LogP contribution in [0.15, 0.2) is 30.5 Å². The van der Waals surface area contributed by atoms with E-state index in [1.807, 2.05) is 12.1 Å². The Hall–Kier alpha value is -2.25. The van der Waals surface area contributed by atoms with Crippen LogP contribution in [0.5, 0.6) is 5.75 Å². The first-order chi connectivity index (χ1) is 12.1. The average molecular weight is 398 g/mol. The smallest absolute Gasteiger partial charge is 0.257 e. The van der Waals surface area contributed by atoms with Gasteiger partial charge in [-0.05, 0) is 24.6 Å². The third kappa shape index (κ3) is 4.28. The Morgan fingerprint density at radius 2 is 2.08 bits per heavy atom. The lowest BCUT2D eigenvalue weighted by molar-refractivity contribution is 0.0763. The number of rotatable bonds is 3. The highest BCUT2D eigenvalue weighted by Crippen LogP contribution is 2.30. The Labute approximate surface area is 163 Å². The summed E-state index contributed by atoms with van der Waals surface area (Å²) in [6.07, 6.45) is 2.49. The van der Waals surface area contributed by atoms with Crippen LogP contribution in [-0.4, -0.2) is 54.3 Å². The van der Waals surface area contributed by atoms with Crippen LogP contribution in [0.4, 0.5) is 11.5 Å². The minimum Gasteiger partial charge on any atom is -0.496 e. The number of hydrogen-bond acceptors (Lipinski definition) is 6. The van der Waals surface area contributed by atoms with Gasteiger partial charge in [-0.1, -0.05) is 11.6 Å². The molecule has 2 aromatic rings. The number of nitrogens with two attached hydrogens (primary N) is 1. The van der Waals surface area contributed by atoms with Crippen LogP contribution in [0.25, 0.3) is 0 Å². The third-order valence-corrected chi connectivity index (χ3v) is 4.54. The van der Waals surface area contributed by atoms with Gasteiger partial charge in [0, 0.05) is 38.4 Å². The van der Waals surface area contributed by atoms with Gasteiger partial charge in [0.1, 0.15) is 5.75 Å². The second-order valence-corrected chi connectivity index (χ2v) is 6.20. The number of methoxy groups -OCH3 is 1. The van der Waals surface area contributed by atoms with E-state index in [4.69, 9.17) is 22.1 Å². The number of amides is 1. The maximum atomic E-state index is 12.9. The molecule has 0 spiro atoms. The van der Waals surface area contributed by atoms with E-state index in [9.17, 15) is 4.79 Å². The lowest BCUT2D eigenvalue weighted by atomic mass is 10.1. The molecule has 0 bridgehead atoms. The normalized spacial score (nSPS) is 14.4. The SMILES string of the molecule is COc1cc(N)c(Cl)cc1C(=O)N1CCCN(c2cccnn2)CC1.Cl. The van der Waals surface area contributed by atoms with Crippen LogP contribution >= 0.6 is 24.0 Å². The highest BCUT2D eigenvalue weighted by molar-refractivity contribution is 6.33. The predicted octanol–water partition coefficient (Wildman–Crippen LogP) is 2.50. The van der Waals surface area contributed by atoms with Crippen molar-refractivity contribution in [3.8, 4) is 5.75 Å². The van der Waals surface area contributed by atoms with Crippen molar-refractivity contribution in [1.29, 1.82) is 0 Å². The summed E-state index contributed by atoms with van der Waals surface area (Å²) >= 11 is 6.09. The van der Waals surface area contributed by atoms with Gasteiger partial charge in [-0.15, -0.1) is 17.5 Å². The second-order valence-electron chi connectivity index (χ2n) is 5.79. The predicted molar refractivity (Wildman–Crippen MR) is 104 cm³/mol. The number of aromatic nitrogens is 2. The number of carbonyl (C=O) groups excluding carboxylic acids is 1. The summed E-state index contributed by atoms with van der Waals surface area (Å²) in [5.41, 5.74) is 6.61. The Morgan fingerprint density at radius 3 is 2.77 bits per heavy atom. The van der Waals surface area contributed by atoms with E-state index in [-0.39, 0.29) is 18.3 Å². The van der Waals surface area contributed by atoms with E-state index in [0.717, 1.165) is 18.8 Å². The largest absolute Gasteiger partial charge is 0.496 e. The molecule has 2 N–H and O–H groups in total. The van der Waals surface area contributed by atoms with Crippen molar-refractivity contribution in [2.75, 3.05) is 43.9 Å². The molecule has 3 rings (SSSR count). The van der Waals surface area contributed by atoms with Gasteiger partial charge in [0.25, 0.3) is 5.91 Å². The zero-order chi connectivity index (χ0) is 17.8. The minimum absolute atomic E-state index is 0. The Bertz CT molecular complexity index is 760. The van der Waals surface area contributed by atoms with Crippen molar-refractivity contribution in [3.63, 3.8) is 0 Å². The van der Waals surface area contributed by atoms with Crippen LogP contribution in [0, 0.1) is 0 Å². The molecule has 7 nitrogen and oxygen atoms in total. The van der Waals surface area contributed by atoms with Crippen molar-refractivity contribution in [1.82, 2.24) is 15.1 Å². The molecule has 0 saturated carbocycles. The van der Waals surface area contributed by atoms with E-state index < -0.39 is 0 Å². The molecule has 0 radical (unpaired) electrons. The van der Waals surface area contributed by atoms with Crippen molar-refractivity contribution in [2.24, 2.45) is 0 Å². The average Bonchev–Trinajstić information content (AvgIpc) is 2.90. The molecule has 1 fully saturated rings. The second kappa shape index (κ2) is 8.91. The summed E-state index contributed by atoms with van der Waals surface area (Å²) in [6.45, 7) is 2.75. The molecule has 140 valence electrons. The van der Waals surface area contributed by atoms with Gasteiger partial charge in [-0.25, -0.2) is 0 Å². The van der Waals surface area contributed by atoms with Gasteiger partial charge < -0.3 is 20.3 Å². The van der Waals surface area contributed by atoms with Crippen LogP contribution in [0.3, 0.4) is 0 Å². The zero-order valence-corrected chi connectivity index (χ0v) is 16.0. The first kappa shape index (κ1) is 20.1. The number of hydrogen-bond donors (Lipinski definition) is 1. The van der Waals surface area contributed by atoms with Crippen LogP contribution in [-0.2, 0) is 0 Å². The number of nitrogens with zero attached hydrogens (tertiary/aromatic N) is 4. The molecule has 2 heterocycles. The molecule has 9 heteroatoms. The van der Waals surface area contributed by atoms with Crippen LogP contribution in [0.2, 0.25) is 5.02 Å². The molecule has 1 aromatic carbocycles. The first-order valence-electron chi connectivity index (χ1n) is 8.05. The summed E-state index contributed by atoms with van der Waals surface area (Å²) in [6, 6.07) is 6.94. The zero-order valence-electron chi connectivity index (χ0n) is 14.4. The van der Waals surface area contributed by atoms with Gasteiger partial charge >= 0.3 is 0 Å². The molecular formula is C17H21Cl2N5O2. The number of ether oxygens (including phenoxy) is 1. The molecule has 1 aromatic heterocycles. The molecule has 1 aliphatic heterocycles. The van der Waals surface area contributed by atoms with Gasteiger partial charge in [0.2, 0.25) is 0 Å². The first-order valence-corrected chi connectivity index (χ1v) is 8.43. The number of halogens is 2. The minimum atomic E-state index is -0.111. The topological polar surface area (TPSA) is 84.6 Å². The highest BCUT2D eigenvalue weighted by Gasteiger charge is 2.24. The fourth-order valence-electron chi connectivity index (χ4n) is 2.89. The molecular weight excluding hydrogens is 377 g/mol. The van der Waals surface area contributed by atoms with Crippen LogP contribution in [0.1, 0.15) is 16.8 Å². The lowest BCUT2D eigenvalue weighted by Crippen LogP contribution is -2.35. The fourth-order valence-corrected chi connectivity index (χ4v) is 3.05. The van der Waals surface area contributed by atoms with Crippen molar-refractivity contribution >= 4 is 41.4 Å². The third-order valence-electron chi connectivity index (χ3n) is 4.21. The summed E-state index contributed by atoms with van der Waals surface area (Å²) in [5, 5.41) is 8.41. The molecule has 1 saturated heterocycles. The lowest BCUT2D eigenvalue weighted by Gasteiger charge is -2.23. The fraction of sp³-hybridized carbons (Fsp3) is 0.353. The molecule has 1 amide bonds. The van der Waals surface area contributed by atoms with E-state index in [2.05, 4.69) is 15.1 Å². The quantitative estimate of drug-likeness (QED) is 0.800. The standard InChI is InChI=1S/C17H20ClN5O2.ClH/c1-25-15-11-14(19)13(18)10-12(15)17(24)23-7-3-6-22(8-9-23)16-4-2-5-20-21-16;/h2,4-5,10-11H,3,6-9,19H2,1H3;1H. The summed E-state index contributed by atoms with van der Waals surface area (Å²) < 4.78 is 5.30. The van der Waals surface area contributed by atoms with E-state index >= 15 is 0 Å². The van der Waals surface area contributed by atoms with Gasteiger partial charge in [0.05, 0.1) is 23.4 Å². The number of benzene rings is 1. The maximum absolute atomic E-state index is 12.9. The molecule has 1 aliphatic rings. The van der Waals surface area contributed by atoms with Crippen molar-refractivity contribution in [2.45, 2.75) is 6.42 Å². The molecule has 26 heavy (non-hydrogen) atoms. The molecule has 0 aliphatic carbocycles. The van der Waals surface area contributed by atoms with Crippen molar-refractivity contribution in [3.05, 3.63) is 41.0 Å². The summed E-state index contributed by atoms with van der Waals surface area (Å²) in [7, 11) is 1.51. The van der Waals surface area contributed by atoms with Gasteiger partial charge in [-0.3, -0.25) is 4.79 Å². The maximum Gasteiger partial charge on any atom is 0.257 e. The monoisotopic (exact) mass is 397 g/mol. The number of anilines is 2. The molecule has 0 atom stereocenters. The van der Waals surface area contributed by atoms with Crippen LogP contribution < -0.4 is 15.4 Å². The van der Waals surface area contributed by atoms with E-state index in [1.165, 1.54) is 7.11 Å². The summed E-state index contributed by atoms with van der Waals surface area (Å²) in [5.74, 6) is 1.14. The summed E-state index contributed by atoms with van der Waals surface area (Å²) in [4.78, 5) is 16.9. The van der Waals surface area contributed by atoms with Gasteiger partial charge in [-0.2, -0.15) is 5.10 Å².